The molecule has 2 aliphatic heterocycles. The van der Waals surface area contributed by atoms with Crippen molar-refractivity contribution in [1.82, 2.24) is 15.1 Å². The van der Waals surface area contributed by atoms with Gasteiger partial charge in [-0.15, -0.1) is 0 Å². The largest absolute Gasteiger partial charge is 0.445 e. The third kappa shape index (κ3) is 4.75. The van der Waals surface area contributed by atoms with E-state index in [9.17, 15) is 14.4 Å². The van der Waals surface area contributed by atoms with Crippen LogP contribution in [-0.2, 0) is 9.47 Å². The van der Waals surface area contributed by atoms with Crippen LogP contribution in [0.25, 0.3) is 0 Å². The number of primary amides is 1. The van der Waals surface area contributed by atoms with E-state index in [1.54, 1.807) is 9.80 Å². The monoisotopic (exact) mass is 382 g/mol. The maximum absolute atomic E-state index is 12.6. The minimum Gasteiger partial charge on any atom is -0.445 e. The molecule has 3 rings (SSSR count). The fourth-order valence-electron chi connectivity index (χ4n) is 4.25. The van der Waals surface area contributed by atoms with Crippen molar-refractivity contribution in [3.05, 3.63) is 0 Å². The van der Waals surface area contributed by atoms with Gasteiger partial charge >= 0.3 is 18.2 Å². The number of piperidine rings is 1. The highest BCUT2D eigenvalue weighted by Crippen LogP contribution is 2.39. The van der Waals surface area contributed by atoms with Crippen LogP contribution in [0.2, 0.25) is 0 Å². The fourth-order valence-corrected chi connectivity index (χ4v) is 4.25. The van der Waals surface area contributed by atoms with Gasteiger partial charge in [-0.3, -0.25) is 0 Å². The highest BCUT2D eigenvalue weighted by Gasteiger charge is 2.46. The van der Waals surface area contributed by atoms with E-state index in [4.69, 9.17) is 15.2 Å². The lowest BCUT2D eigenvalue weighted by atomic mass is 9.95. The van der Waals surface area contributed by atoms with Gasteiger partial charge in [-0.2, -0.15) is 0 Å². The standard InChI is InChI=1S/C18H30N4O5/c1-18(2,3)27-16(24)20-13-6-7-21(10-13)17(25)26-14-11-4-5-12(14)9-22(8-11)15(19)23/h11-14H,4-10H2,1-3H3,(H2,19,23)(H,20,24)/t11?,12?,13-,14?/m1/s1. The molecule has 0 radical (unpaired) electrons. The highest BCUT2D eigenvalue weighted by molar-refractivity contribution is 5.72. The van der Waals surface area contributed by atoms with E-state index < -0.39 is 17.7 Å². The predicted octanol–water partition coefficient (Wildman–Crippen LogP) is 1.51. The first-order chi connectivity index (χ1) is 12.6. The Morgan fingerprint density at radius 2 is 1.63 bits per heavy atom. The van der Waals surface area contributed by atoms with Crippen molar-refractivity contribution in [2.45, 2.75) is 57.8 Å². The van der Waals surface area contributed by atoms with Crippen molar-refractivity contribution in [1.29, 1.82) is 0 Å². The van der Waals surface area contributed by atoms with E-state index in [2.05, 4.69) is 5.32 Å². The molecule has 0 spiro atoms. The van der Waals surface area contributed by atoms with Gasteiger partial charge in [0.25, 0.3) is 0 Å². The number of likely N-dealkylation sites (tertiary alicyclic amines) is 2. The van der Waals surface area contributed by atoms with E-state index in [0.29, 0.717) is 32.6 Å². The molecule has 2 heterocycles. The number of amides is 4. The molecule has 3 atom stereocenters. The summed E-state index contributed by atoms with van der Waals surface area (Å²) in [6.45, 7) is 7.47. The third-order valence-corrected chi connectivity index (χ3v) is 5.46. The Labute approximate surface area is 159 Å². The average Bonchev–Trinajstić information content (AvgIpc) is 3.07. The Hall–Kier alpha value is -2.19. The Bertz CT molecular complexity index is 591. The Morgan fingerprint density at radius 3 is 2.19 bits per heavy atom. The van der Waals surface area contributed by atoms with Gasteiger partial charge in [0.1, 0.15) is 11.7 Å². The third-order valence-electron chi connectivity index (χ3n) is 5.46. The number of nitrogens with zero attached hydrogens (tertiary/aromatic N) is 2. The summed E-state index contributed by atoms with van der Waals surface area (Å²) in [5.74, 6) is 0.303. The van der Waals surface area contributed by atoms with E-state index in [1.165, 1.54) is 0 Å². The van der Waals surface area contributed by atoms with Crippen molar-refractivity contribution in [2.75, 3.05) is 26.2 Å². The maximum atomic E-state index is 12.6. The SMILES string of the molecule is CC(C)(C)OC(=O)N[C@@H]1CCN(C(=O)OC2C3CCC2CN(C(N)=O)C3)C1. The molecule has 27 heavy (non-hydrogen) atoms. The lowest BCUT2D eigenvalue weighted by molar-refractivity contribution is -0.00335. The first-order valence-corrected chi connectivity index (χ1v) is 9.62. The Kier molecular flexibility index (Phi) is 5.39. The van der Waals surface area contributed by atoms with Crippen LogP contribution in [0.1, 0.15) is 40.0 Å². The number of rotatable bonds is 2. The summed E-state index contributed by atoms with van der Waals surface area (Å²) in [7, 11) is 0. The number of carbonyl (C=O) groups excluding carboxylic acids is 3. The molecular formula is C18H30N4O5. The number of nitrogens with one attached hydrogen (secondary N) is 1. The molecule has 0 aromatic heterocycles. The van der Waals surface area contributed by atoms with E-state index in [-0.39, 0.29) is 30.1 Å². The van der Waals surface area contributed by atoms with E-state index in [1.807, 2.05) is 20.8 Å². The van der Waals surface area contributed by atoms with Crippen molar-refractivity contribution in [3.8, 4) is 0 Å². The predicted molar refractivity (Wildman–Crippen MR) is 97.0 cm³/mol. The van der Waals surface area contributed by atoms with Crippen molar-refractivity contribution >= 4 is 18.2 Å². The molecule has 0 aromatic rings. The quantitative estimate of drug-likeness (QED) is 0.751. The summed E-state index contributed by atoms with van der Waals surface area (Å²) >= 11 is 0. The summed E-state index contributed by atoms with van der Waals surface area (Å²) in [6, 6.07) is -0.548. The van der Waals surface area contributed by atoms with Crippen molar-refractivity contribution in [2.24, 2.45) is 17.6 Å². The van der Waals surface area contributed by atoms with Gasteiger partial charge in [-0.05, 0) is 40.0 Å². The summed E-state index contributed by atoms with van der Waals surface area (Å²) in [6.07, 6.45) is 1.56. The van der Waals surface area contributed by atoms with Crippen LogP contribution in [0.15, 0.2) is 0 Å². The zero-order valence-electron chi connectivity index (χ0n) is 16.3. The molecule has 2 unspecified atom stereocenters. The Balaban J connectivity index is 1.47. The molecule has 4 amide bonds. The lowest BCUT2D eigenvalue weighted by Crippen LogP contribution is -2.51. The number of fused-ring (bicyclic) bond motifs is 2. The molecule has 2 bridgehead atoms. The van der Waals surface area contributed by atoms with Gasteiger partial charge < -0.3 is 30.3 Å². The Morgan fingerprint density at radius 1 is 1.00 bits per heavy atom. The minimum atomic E-state index is -0.555. The first kappa shape index (κ1) is 19.6. The number of hydrogen-bond acceptors (Lipinski definition) is 5. The first-order valence-electron chi connectivity index (χ1n) is 9.62. The molecule has 3 N–H and O–H groups in total. The van der Waals surface area contributed by atoms with Gasteiger partial charge in [0, 0.05) is 38.0 Å². The minimum absolute atomic E-state index is 0.138. The molecule has 0 aromatic carbocycles. The van der Waals surface area contributed by atoms with Gasteiger partial charge in [-0.25, -0.2) is 14.4 Å². The van der Waals surface area contributed by atoms with Gasteiger partial charge in [-0.1, -0.05) is 0 Å². The molecular weight excluding hydrogens is 352 g/mol. The average molecular weight is 382 g/mol. The zero-order valence-corrected chi connectivity index (χ0v) is 16.3. The van der Waals surface area contributed by atoms with Crippen LogP contribution in [0.4, 0.5) is 14.4 Å². The van der Waals surface area contributed by atoms with Crippen molar-refractivity contribution in [3.63, 3.8) is 0 Å². The lowest BCUT2D eigenvalue weighted by Gasteiger charge is -2.37. The number of carbonyl (C=O) groups is 3. The highest BCUT2D eigenvalue weighted by atomic mass is 16.6. The fraction of sp³-hybridized carbons (Fsp3) is 0.833. The van der Waals surface area contributed by atoms with Gasteiger partial charge in [0.15, 0.2) is 0 Å². The summed E-state index contributed by atoms with van der Waals surface area (Å²) in [5.41, 5.74) is 4.83. The summed E-state index contributed by atoms with van der Waals surface area (Å²) in [4.78, 5) is 39.1. The zero-order chi connectivity index (χ0) is 19.8. The van der Waals surface area contributed by atoms with Gasteiger partial charge in [0.2, 0.25) is 0 Å². The van der Waals surface area contributed by atoms with Crippen molar-refractivity contribution < 1.29 is 23.9 Å². The maximum Gasteiger partial charge on any atom is 0.410 e. The van der Waals surface area contributed by atoms with Crippen LogP contribution in [0.5, 0.6) is 0 Å². The van der Waals surface area contributed by atoms with Gasteiger partial charge in [0.05, 0.1) is 6.04 Å². The van der Waals surface area contributed by atoms with E-state index >= 15 is 0 Å². The molecule has 9 nitrogen and oxygen atoms in total. The van der Waals surface area contributed by atoms with Crippen LogP contribution >= 0.6 is 0 Å². The molecule has 3 fully saturated rings. The molecule has 152 valence electrons. The number of hydrogen-bond donors (Lipinski definition) is 2. The van der Waals surface area contributed by atoms with Crippen LogP contribution in [0.3, 0.4) is 0 Å². The number of alkyl carbamates (subject to hydrolysis) is 1. The topological polar surface area (TPSA) is 114 Å². The molecule has 1 saturated carbocycles. The van der Waals surface area contributed by atoms with Crippen LogP contribution < -0.4 is 11.1 Å². The number of urea groups is 1. The number of ether oxygens (including phenoxy) is 2. The second-order valence-electron chi connectivity index (χ2n) is 8.77. The van der Waals surface area contributed by atoms with Crippen LogP contribution in [0, 0.1) is 11.8 Å². The second-order valence-corrected chi connectivity index (χ2v) is 8.77. The number of nitrogens with two attached hydrogens (primary N) is 1. The molecule has 2 saturated heterocycles. The molecule has 3 aliphatic rings. The smallest absolute Gasteiger partial charge is 0.410 e. The second kappa shape index (κ2) is 7.44. The molecule has 9 heteroatoms. The normalized spacial score (nSPS) is 30.2. The summed E-state index contributed by atoms with van der Waals surface area (Å²) < 4.78 is 11.0. The molecule has 1 aliphatic carbocycles. The van der Waals surface area contributed by atoms with E-state index in [0.717, 1.165) is 12.8 Å². The van der Waals surface area contributed by atoms with Crippen LogP contribution in [-0.4, -0.2) is 71.9 Å². The summed E-state index contributed by atoms with van der Waals surface area (Å²) in [5, 5.41) is 2.80.